The molecule has 0 amide bonds. The van der Waals surface area contributed by atoms with Gasteiger partial charge in [-0.25, -0.2) is 0 Å². The van der Waals surface area contributed by atoms with Crippen molar-refractivity contribution in [3.05, 3.63) is 96.4 Å². The van der Waals surface area contributed by atoms with Crippen LogP contribution in [0.4, 0.5) is 22.7 Å². The van der Waals surface area contributed by atoms with E-state index in [4.69, 9.17) is 0 Å². The minimum atomic E-state index is 1.15. The number of rotatable bonds is 5. The summed E-state index contributed by atoms with van der Waals surface area (Å²) in [4.78, 5) is 3.55. The van der Waals surface area contributed by atoms with Crippen molar-refractivity contribution in [2.24, 2.45) is 0 Å². The average Bonchev–Trinajstić information content (AvgIpc) is 3.20. The maximum atomic E-state index is 3.19. The summed E-state index contributed by atoms with van der Waals surface area (Å²) in [6.07, 6.45) is 0. The fourth-order valence-electron chi connectivity index (χ4n) is 2.99. The van der Waals surface area contributed by atoms with Gasteiger partial charge in [-0.05, 0) is 48.0 Å². The SMILES string of the molecule is CNc1csc(-c2ccc(N(c3ccccc3)c3ccccc3)cc2)c1. The largest absolute Gasteiger partial charge is 0.387 e. The Morgan fingerprint density at radius 1 is 0.692 bits per heavy atom. The summed E-state index contributed by atoms with van der Waals surface area (Å²) in [6, 6.07) is 31.9. The first kappa shape index (κ1) is 16.4. The van der Waals surface area contributed by atoms with Gasteiger partial charge in [0, 0.05) is 40.1 Å². The Bertz CT molecular complexity index is 921. The van der Waals surface area contributed by atoms with Gasteiger partial charge < -0.3 is 10.2 Å². The van der Waals surface area contributed by atoms with Gasteiger partial charge in [0.2, 0.25) is 0 Å². The van der Waals surface area contributed by atoms with Crippen LogP contribution in [0, 0.1) is 0 Å². The summed E-state index contributed by atoms with van der Waals surface area (Å²) in [5.74, 6) is 0. The molecule has 128 valence electrons. The fourth-order valence-corrected chi connectivity index (χ4v) is 3.90. The normalized spacial score (nSPS) is 10.5. The zero-order chi connectivity index (χ0) is 17.8. The highest BCUT2D eigenvalue weighted by atomic mass is 32.1. The Morgan fingerprint density at radius 2 is 1.23 bits per heavy atom. The third-order valence-electron chi connectivity index (χ3n) is 4.33. The van der Waals surface area contributed by atoms with Crippen LogP contribution < -0.4 is 10.2 Å². The first-order valence-corrected chi connectivity index (χ1v) is 9.50. The third kappa shape index (κ3) is 3.35. The molecule has 0 aliphatic carbocycles. The minimum Gasteiger partial charge on any atom is -0.387 e. The summed E-state index contributed by atoms with van der Waals surface area (Å²) in [5, 5.41) is 5.33. The van der Waals surface area contributed by atoms with Crippen LogP contribution in [0.15, 0.2) is 96.4 Å². The molecule has 0 saturated heterocycles. The van der Waals surface area contributed by atoms with Gasteiger partial charge in [0.15, 0.2) is 0 Å². The van der Waals surface area contributed by atoms with Crippen molar-refractivity contribution >= 4 is 34.1 Å². The quantitative estimate of drug-likeness (QED) is 0.417. The number of thiophene rings is 1. The number of anilines is 4. The molecular formula is C23H20N2S. The van der Waals surface area contributed by atoms with Crippen LogP contribution in [0.5, 0.6) is 0 Å². The van der Waals surface area contributed by atoms with Crippen molar-refractivity contribution in [3.63, 3.8) is 0 Å². The van der Waals surface area contributed by atoms with Gasteiger partial charge in [-0.2, -0.15) is 0 Å². The minimum absolute atomic E-state index is 1.15. The van der Waals surface area contributed by atoms with E-state index in [0.29, 0.717) is 0 Å². The van der Waals surface area contributed by atoms with Gasteiger partial charge >= 0.3 is 0 Å². The van der Waals surface area contributed by atoms with Gasteiger partial charge in [-0.15, -0.1) is 11.3 Å². The molecule has 1 aromatic heterocycles. The first-order valence-electron chi connectivity index (χ1n) is 8.62. The second-order valence-corrected chi connectivity index (χ2v) is 6.91. The van der Waals surface area contributed by atoms with Gasteiger partial charge in [0.25, 0.3) is 0 Å². The van der Waals surface area contributed by atoms with Gasteiger partial charge in [0.1, 0.15) is 0 Å². The van der Waals surface area contributed by atoms with E-state index < -0.39 is 0 Å². The second-order valence-electron chi connectivity index (χ2n) is 6.00. The number of para-hydroxylation sites is 2. The molecule has 0 unspecified atom stereocenters. The number of hydrogen-bond donors (Lipinski definition) is 1. The molecule has 0 bridgehead atoms. The second kappa shape index (κ2) is 7.46. The maximum absolute atomic E-state index is 3.19. The van der Waals surface area contributed by atoms with Crippen LogP contribution in [-0.2, 0) is 0 Å². The first-order chi connectivity index (χ1) is 12.8. The average molecular weight is 356 g/mol. The molecule has 26 heavy (non-hydrogen) atoms. The number of benzene rings is 3. The molecule has 1 heterocycles. The molecule has 2 nitrogen and oxygen atoms in total. The molecular weight excluding hydrogens is 336 g/mol. The Hall–Kier alpha value is -3.04. The molecule has 0 fully saturated rings. The van der Waals surface area contributed by atoms with Crippen molar-refractivity contribution in [2.75, 3.05) is 17.3 Å². The predicted molar refractivity (Wildman–Crippen MR) is 114 cm³/mol. The zero-order valence-electron chi connectivity index (χ0n) is 14.6. The van der Waals surface area contributed by atoms with E-state index in [1.165, 1.54) is 10.4 Å². The van der Waals surface area contributed by atoms with Crippen molar-refractivity contribution in [1.29, 1.82) is 0 Å². The summed E-state index contributed by atoms with van der Waals surface area (Å²) < 4.78 is 0. The van der Waals surface area contributed by atoms with Crippen LogP contribution in [0.25, 0.3) is 10.4 Å². The Labute approximate surface area is 158 Å². The lowest BCUT2D eigenvalue weighted by Gasteiger charge is -2.25. The van der Waals surface area contributed by atoms with Gasteiger partial charge in [-0.1, -0.05) is 48.5 Å². The lowest BCUT2D eigenvalue weighted by Crippen LogP contribution is -2.09. The summed E-state index contributed by atoms with van der Waals surface area (Å²) in [6.45, 7) is 0. The van der Waals surface area contributed by atoms with Gasteiger partial charge in [0.05, 0.1) is 0 Å². The molecule has 3 heteroatoms. The summed E-state index contributed by atoms with van der Waals surface area (Å²) in [7, 11) is 1.95. The molecule has 0 radical (unpaired) electrons. The van der Waals surface area contributed by atoms with Gasteiger partial charge in [-0.3, -0.25) is 0 Å². The Kier molecular flexibility index (Phi) is 4.71. The van der Waals surface area contributed by atoms with Crippen molar-refractivity contribution in [1.82, 2.24) is 0 Å². The predicted octanol–water partition coefficient (Wildman–Crippen LogP) is 6.93. The monoisotopic (exact) mass is 356 g/mol. The Morgan fingerprint density at radius 3 is 1.73 bits per heavy atom. The fraction of sp³-hybridized carbons (Fsp3) is 0.0435. The van der Waals surface area contributed by atoms with Crippen LogP contribution in [0.1, 0.15) is 0 Å². The van der Waals surface area contributed by atoms with Crippen LogP contribution in [0.2, 0.25) is 0 Å². The van der Waals surface area contributed by atoms with Crippen LogP contribution in [0.3, 0.4) is 0 Å². The molecule has 4 rings (SSSR count). The Balaban J connectivity index is 1.72. The summed E-state index contributed by atoms with van der Waals surface area (Å²) >= 11 is 1.76. The van der Waals surface area contributed by atoms with E-state index in [1.54, 1.807) is 11.3 Å². The van der Waals surface area contributed by atoms with Crippen LogP contribution >= 0.6 is 11.3 Å². The van der Waals surface area contributed by atoms with E-state index in [9.17, 15) is 0 Å². The molecule has 0 atom stereocenters. The van der Waals surface area contributed by atoms with E-state index in [-0.39, 0.29) is 0 Å². The van der Waals surface area contributed by atoms with Crippen molar-refractivity contribution in [2.45, 2.75) is 0 Å². The standard InChI is InChI=1S/C23H20N2S/c1-24-19-16-23(26-17-19)18-12-14-22(15-13-18)25(20-8-4-2-5-9-20)21-10-6-3-7-11-21/h2-17,24H,1H3. The van der Waals surface area contributed by atoms with E-state index >= 15 is 0 Å². The molecule has 0 aliphatic rings. The molecule has 4 aromatic rings. The van der Waals surface area contributed by atoms with E-state index in [2.05, 4.69) is 94.5 Å². The zero-order valence-corrected chi connectivity index (χ0v) is 15.4. The molecule has 0 saturated carbocycles. The molecule has 0 spiro atoms. The van der Waals surface area contributed by atoms with Crippen molar-refractivity contribution in [3.8, 4) is 10.4 Å². The van der Waals surface area contributed by atoms with E-state index in [0.717, 1.165) is 22.7 Å². The smallest absolute Gasteiger partial charge is 0.0462 e. The highest BCUT2D eigenvalue weighted by Gasteiger charge is 2.12. The van der Waals surface area contributed by atoms with Crippen LogP contribution in [-0.4, -0.2) is 7.05 Å². The number of nitrogens with one attached hydrogen (secondary N) is 1. The molecule has 3 aromatic carbocycles. The molecule has 1 N–H and O–H groups in total. The highest BCUT2D eigenvalue weighted by molar-refractivity contribution is 7.14. The maximum Gasteiger partial charge on any atom is 0.0462 e. The van der Waals surface area contributed by atoms with E-state index in [1.807, 2.05) is 19.2 Å². The highest BCUT2D eigenvalue weighted by Crippen LogP contribution is 2.36. The lowest BCUT2D eigenvalue weighted by atomic mass is 10.1. The molecule has 0 aliphatic heterocycles. The van der Waals surface area contributed by atoms with Crippen molar-refractivity contribution < 1.29 is 0 Å². The summed E-state index contributed by atoms with van der Waals surface area (Å²) in [5.41, 5.74) is 5.85. The topological polar surface area (TPSA) is 15.3 Å². The lowest BCUT2D eigenvalue weighted by molar-refractivity contribution is 1.28. The third-order valence-corrected chi connectivity index (χ3v) is 5.31. The number of nitrogens with zero attached hydrogens (tertiary/aromatic N) is 1. The number of hydrogen-bond acceptors (Lipinski definition) is 3.